The van der Waals surface area contributed by atoms with Crippen molar-refractivity contribution in [2.45, 2.75) is 19.8 Å². The summed E-state index contributed by atoms with van der Waals surface area (Å²) in [6, 6.07) is 9.24. The van der Waals surface area contributed by atoms with E-state index in [0.717, 1.165) is 30.4 Å². The number of hydrogen-bond acceptors (Lipinski definition) is 4. The second-order valence-corrected chi connectivity index (χ2v) is 7.44. The summed E-state index contributed by atoms with van der Waals surface area (Å²) >= 11 is 11.6. The van der Waals surface area contributed by atoms with Crippen molar-refractivity contribution in [3.8, 4) is 0 Å². The number of benzene rings is 1. The lowest BCUT2D eigenvalue weighted by atomic mass is 9.99. The monoisotopic (exact) mass is 403 g/mol. The van der Waals surface area contributed by atoms with E-state index in [1.807, 2.05) is 18.2 Å². The van der Waals surface area contributed by atoms with Crippen molar-refractivity contribution in [2.24, 2.45) is 5.92 Å². The molecule has 0 spiro atoms. The highest BCUT2D eigenvalue weighted by Gasteiger charge is 2.18. The first kappa shape index (κ1) is 19.5. The molecule has 0 radical (unpaired) electrons. The number of halogens is 1. The minimum Gasteiger partial charge on any atom is -0.465 e. The maximum Gasteiger partial charge on any atom is 0.250 e. The van der Waals surface area contributed by atoms with Gasteiger partial charge in [0, 0.05) is 24.9 Å². The van der Waals surface area contributed by atoms with Crippen LogP contribution in [0.4, 0.5) is 11.4 Å². The molecule has 0 saturated carbocycles. The van der Waals surface area contributed by atoms with Gasteiger partial charge >= 0.3 is 0 Å². The number of hydrogen-bond donors (Lipinski definition) is 2. The summed E-state index contributed by atoms with van der Waals surface area (Å²) in [5.74, 6) is 1.02. The highest BCUT2D eigenvalue weighted by Crippen LogP contribution is 2.31. The molecule has 1 fully saturated rings. The molecule has 2 heterocycles. The number of nitrogens with one attached hydrogen (secondary N) is 2. The zero-order chi connectivity index (χ0) is 19.2. The normalized spacial score (nSPS) is 15.1. The number of amides is 1. The van der Waals surface area contributed by atoms with Gasteiger partial charge in [-0.15, -0.1) is 0 Å². The van der Waals surface area contributed by atoms with E-state index >= 15 is 0 Å². The molecule has 1 aromatic carbocycles. The van der Waals surface area contributed by atoms with Crippen LogP contribution in [0.2, 0.25) is 5.02 Å². The molecule has 0 atom stereocenters. The van der Waals surface area contributed by atoms with E-state index in [-0.39, 0.29) is 11.0 Å². The first-order valence-corrected chi connectivity index (χ1v) is 9.68. The summed E-state index contributed by atoms with van der Waals surface area (Å²) in [7, 11) is 0. The van der Waals surface area contributed by atoms with Gasteiger partial charge in [0.1, 0.15) is 5.76 Å². The minimum absolute atomic E-state index is 0.208. The first-order chi connectivity index (χ1) is 13.0. The topological polar surface area (TPSA) is 57.5 Å². The molecule has 3 rings (SSSR count). The van der Waals surface area contributed by atoms with Gasteiger partial charge in [-0.2, -0.15) is 0 Å². The minimum atomic E-state index is -0.339. The molecule has 142 valence electrons. The zero-order valence-electron chi connectivity index (χ0n) is 15.1. The molecule has 0 unspecified atom stereocenters. The largest absolute Gasteiger partial charge is 0.465 e. The van der Waals surface area contributed by atoms with Crippen LogP contribution in [0.15, 0.2) is 47.1 Å². The van der Waals surface area contributed by atoms with E-state index < -0.39 is 0 Å². The van der Waals surface area contributed by atoms with Gasteiger partial charge in [0.15, 0.2) is 5.11 Å². The van der Waals surface area contributed by atoms with Crippen LogP contribution in [-0.4, -0.2) is 24.1 Å². The van der Waals surface area contributed by atoms with Gasteiger partial charge < -0.3 is 14.6 Å². The van der Waals surface area contributed by atoms with E-state index in [2.05, 4.69) is 22.5 Å². The Bertz CT molecular complexity index is 828. The second-order valence-electron chi connectivity index (χ2n) is 6.63. The Morgan fingerprint density at radius 3 is 2.78 bits per heavy atom. The Morgan fingerprint density at radius 2 is 2.11 bits per heavy atom. The van der Waals surface area contributed by atoms with Gasteiger partial charge in [0.25, 0.3) is 0 Å². The van der Waals surface area contributed by atoms with Crippen molar-refractivity contribution in [3.05, 3.63) is 53.5 Å². The van der Waals surface area contributed by atoms with E-state index in [4.69, 9.17) is 28.2 Å². The highest BCUT2D eigenvalue weighted by molar-refractivity contribution is 7.80. The number of thiocarbonyl (C=S) groups is 1. The molecule has 0 aliphatic carbocycles. The summed E-state index contributed by atoms with van der Waals surface area (Å²) in [6.07, 6.45) is 6.83. The van der Waals surface area contributed by atoms with Crippen LogP contribution in [0.1, 0.15) is 25.5 Å². The van der Waals surface area contributed by atoms with Crippen LogP contribution in [-0.2, 0) is 4.79 Å². The van der Waals surface area contributed by atoms with Crippen molar-refractivity contribution in [3.63, 3.8) is 0 Å². The van der Waals surface area contributed by atoms with Crippen molar-refractivity contribution in [1.29, 1.82) is 0 Å². The summed E-state index contributed by atoms with van der Waals surface area (Å²) < 4.78 is 5.13. The quantitative estimate of drug-likeness (QED) is 0.572. The van der Waals surface area contributed by atoms with Crippen LogP contribution in [0.5, 0.6) is 0 Å². The Labute approximate surface area is 169 Å². The van der Waals surface area contributed by atoms with Crippen molar-refractivity contribution in [2.75, 3.05) is 23.3 Å². The fourth-order valence-corrected chi connectivity index (χ4v) is 3.47. The molecule has 1 aromatic heterocycles. The lowest BCUT2D eigenvalue weighted by molar-refractivity contribution is -0.115. The molecule has 27 heavy (non-hydrogen) atoms. The van der Waals surface area contributed by atoms with Gasteiger partial charge in [-0.05, 0) is 67.4 Å². The SMILES string of the molecule is CC1CCN(c2ccc(NC(=S)NC(=O)/C=C/c3ccco3)cc2Cl)CC1. The standard InChI is InChI=1S/C20H22ClN3O2S/c1-14-8-10-24(11-9-14)18-6-4-15(13-17(18)21)22-20(27)23-19(25)7-5-16-3-2-12-26-16/h2-7,12-14H,8-11H2,1H3,(H2,22,23,25,27)/b7-5+. The van der Waals surface area contributed by atoms with E-state index in [1.54, 1.807) is 24.5 Å². The molecule has 1 aliphatic heterocycles. The maximum absolute atomic E-state index is 11.9. The molecule has 2 N–H and O–H groups in total. The highest BCUT2D eigenvalue weighted by atomic mass is 35.5. The molecular weight excluding hydrogens is 382 g/mol. The molecular formula is C20H22ClN3O2S. The van der Waals surface area contributed by atoms with E-state index in [9.17, 15) is 4.79 Å². The third kappa shape index (κ3) is 5.58. The summed E-state index contributed by atoms with van der Waals surface area (Å²) in [6.45, 7) is 4.32. The van der Waals surface area contributed by atoms with Gasteiger partial charge in [0.2, 0.25) is 5.91 Å². The smallest absolute Gasteiger partial charge is 0.250 e. The van der Waals surface area contributed by atoms with Gasteiger partial charge in [-0.3, -0.25) is 10.1 Å². The van der Waals surface area contributed by atoms with Crippen LogP contribution in [0.25, 0.3) is 6.08 Å². The Hall–Kier alpha value is -2.31. The average Bonchev–Trinajstić information content (AvgIpc) is 3.15. The molecule has 0 bridgehead atoms. The van der Waals surface area contributed by atoms with Crippen molar-refractivity contribution < 1.29 is 9.21 Å². The molecule has 5 nitrogen and oxygen atoms in total. The van der Waals surface area contributed by atoms with Crippen molar-refractivity contribution in [1.82, 2.24) is 5.32 Å². The second kappa shape index (κ2) is 9.06. The van der Waals surface area contributed by atoms with Gasteiger partial charge in [-0.1, -0.05) is 18.5 Å². The number of carbonyl (C=O) groups excluding carboxylic acids is 1. The summed E-state index contributed by atoms with van der Waals surface area (Å²) in [5.41, 5.74) is 1.76. The molecule has 7 heteroatoms. The molecule has 1 saturated heterocycles. The third-order valence-corrected chi connectivity index (χ3v) is 5.02. The van der Waals surface area contributed by atoms with Gasteiger partial charge in [0.05, 0.1) is 17.0 Å². The average molecular weight is 404 g/mol. The Morgan fingerprint density at radius 1 is 1.33 bits per heavy atom. The van der Waals surface area contributed by atoms with E-state index in [0.29, 0.717) is 10.8 Å². The lowest BCUT2D eigenvalue weighted by Gasteiger charge is -2.32. The number of piperidine rings is 1. The number of furan rings is 1. The Kier molecular flexibility index (Phi) is 6.53. The summed E-state index contributed by atoms with van der Waals surface area (Å²) in [4.78, 5) is 14.2. The fraction of sp³-hybridized carbons (Fsp3) is 0.300. The lowest BCUT2D eigenvalue weighted by Crippen LogP contribution is -2.33. The number of rotatable bonds is 4. The van der Waals surface area contributed by atoms with Gasteiger partial charge in [-0.25, -0.2) is 0 Å². The maximum atomic E-state index is 11.9. The van der Waals surface area contributed by atoms with E-state index in [1.165, 1.54) is 18.9 Å². The first-order valence-electron chi connectivity index (χ1n) is 8.89. The van der Waals surface area contributed by atoms with Crippen LogP contribution >= 0.6 is 23.8 Å². The number of nitrogens with zero attached hydrogens (tertiary/aromatic N) is 1. The molecule has 2 aromatic rings. The van der Waals surface area contributed by atoms with Crippen LogP contribution < -0.4 is 15.5 Å². The molecule has 1 aliphatic rings. The molecule has 1 amide bonds. The third-order valence-electron chi connectivity index (χ3n) is 4.51. The summed E-state index contributed by atoms with van der Waals surface area (Å²) in [5, 5.41) is 6.45. The predicted octanol–water partition coefficient (Wildman–Crippen LogP) is 4.70. The predicted molar refractivity (Wildman–Crippen MR) is 114 cm³/mol. The Balaban J connectivity index is 1.55. The number of anilines is 2. The van der Waals surface area contributed by atoms with Crippen molar-refractivity contribution >= 4 is 52.3 Å². The van der Waals surface area contributed by atoms with Crippen LogP contribution in [0, 0.1) is 5.92 Å². The number of carbonyl (C=O) groups is 1. The fourth-order valence-electron chi connectivity index (χ4n) is 2.95. The van der Waals surface area contributed by atoms with Crippen LogP contribution in [0.3, 0.4) is 0 Å². The zero-order valence-corrected chi connectivity index (χ0v) is 16.6.